The second-order valence-electron chi connectivity index (χ2n) is 5.41. The van der Waals surface area contributed by atoms with Gasteiger partial charge in [-0.3, -0.25) is 4.79 Å². The number of amides is 1. The molecule has 16 heavy (non-hydrogen) atoms. The van der Waals surface area contributed by atoms with Crippen LogP contribution < -0.4 is 10.6 Å². The molecule has 0 aromatic heterocycles. The molecular weight excluding hydrogens is 200 g/mol. The third-order valence-corrected chi connectivity index (χ3v) is 4.65. The molecule has 0 radical (unpaired) electrons. The Morgan fingerprint density at radius 3 is 2.31 bits per heavy atom. The van der Waals surface area contributed by atoms with E-state index in [1.807, 2.05) is 0 Å². The molecule has 2 aliphatic rings. The van der Waals surface area contributed by atoms with Crippen molar-refractivity contribution in [2.75, 3.05) is 6.54 Å². The van der Waals surface area contributed by atoms with E-state index in [0.717, 1.165) is 45.1 Å². The van der Waals surface area contributed by atoms with Crippen molar-refractivity contribution in [1.82, 2.24) is 10.6 Å². The Bertz CT molecular complexity index is 260. The smallest absolute Gasteiger partial charge is 0.240 e. The highest BCUT2D eigenvalue weighted by atomic mass is 16.2. The van der Waals surface area contributed by atoms with Crippen LogP contribution in [0.1, 0.15) is 58.8 Å². The van der Waals surface area contributed by atoms with E-state index in [-0.39, 0.29) is 17.0 Å². The van der Waals surface area contributed by atoms with Crippen LogP contribution in [0.2, 0.25) is 0 Å². The maximum absolute atomic E-state index is 12.4. The largest absolute Gasteiger partial charge is 0.349 e. The van der Waals surface area contributed by atoms with Crippen molar-refractivity contribution in [3.05, 3.63) is 0 Å². The molecule has 1 atom stereocenters. The summed E-state index contributed by atoms with van der Waals surface area (Å²) in [6.45, 7) is 5.28. The molecule has 1 saturated heterocycles. The van der Waals surface area contributed by atoms with Crippen molar-refractivity contribution in [3.8, 4) is 0 Å². The third kappa shape index (κ3) is 1.86. The SMILES string of the molecule is CCC1(NC(=O)C2(CC)CCCN2)CCC1. The molecule has 0 aromatic carbocycles. The number of hydrogen-bond donors (Lipinski definition) is 2. The number of hydrogen-bond acceptors (Lipinski definition) is 2. The second-order valence-corrected chi connectivity index (χ2v) is 5.41. The van der Waals surface area contributed by atoms with Gasteiger partial charge < -0.3 is 10.6 Å². The first kappa shape index (κ1) is 11.9. The van der Waals surface area contributed by atoms with Gasteiger partial charge in [0, 0.05) is 5.54 Å². The van der Waals surface area contributed by atoms with Crippen molar-refractivity contribution >= 4 is 5.91 Å². The van der Waals surface area contributed by atoms with Gasteiger partial charge in [0.05, 0.1) is 5.54 Å². The zero-order valence-corrected chi connectivity index (χ0v) is 10.6. The van der Waals surface area contributed by atoms with Gasteiger partial charge in [-0.15, -0.1) is 0 Å². The van der Waals surface area contributed by atoms with Gasteiger partial charge in [-0.1, -0.05) is 13.8 Å². The molecule has 1 amide bonds. The van der Waals surface area contributed by atoms with Crippen LogP contribution in [-0.4, -0.2) is 23.5 Å². The van der Waals surface area contributed by atoms with Gasteiger partial charge in [0.1, 0.15) is 0 Å². The summed E-state index contributed by atoms with van der Waals surface area (Å²) in [6.07, 6.45) is 7.68. The summed E-state index contributed by atoms with van der Waals surface area (Å²) >= 11 is 0. The lowest BCUT2D eigenvalue weighted by molar-refractivity contribution is -0.130. The minimum Gasteiger partial charge on any atom is -0.349 e. The van der Waals surface area contributed by atoms with Crippen LogP contribution in [0.3, 0.4) is 0 Å². The Morgan fingerprint density at radius 2 is 1.94 bits per heavy atom. The fourth-order valence-electron chi connectivity index (χ4n) is 2.99. The van der Waals surface area contributed by atoms with E-state index in [9.17, 15) is 4.79 Å². The minimum atomic E-state index is -0.266. The van der Waals surface area contributed by atoms with Crippen LogP contribution in [0.25, 0.3) is 0 Å². The van der Waals surface area contributed by atoms with E-state index in [0.29, 0.717) is 0 Å². The van der Waals surface area contributed by atoms with E-state index >= 15 is 0 Å². The molecule has 1 heterocycles. The van der Waals surface area contributed by atoms with Crippen molar-refractivity contribution in [1.29, 1.82) is 0 Å². The Hall–Kier alpha value is -0.570. The molecule has 2 rings (SSSR count). The highest BCUT2D eigenvalue weighted by Crippen LogP contribution is 2.36. The Labute approximate surface area is 98.4 Å². The van der Waals surface area contributed by atoms with Crippen molar-refractivity contribution in [2.45, 2.75) is 69.9 Å². The summed E-state index contributed by atoms with van der Waals surface area (Å²) in [5, 5.41) is 6.71. The van der Waals surface area contributed by atoms with Crippen LogP contribution in [0.4, 0.5) is 0 Å². The predicted molar refractivity (Wildman–Crippen MR) is 65.3 cm³/mol. The monoisotopic (exact) mass is 224 g/mol. The Balaban J connectivity index is 2.01. The number of carbonyl (C=O) groups excluding carboxylic acids is 1. The lowest BCUT2D eigenvalue weighted by atomic mass is 9.74. The first-order chi connectivity index (χ1) is 7.66. The average Bonchev–Trinajstić information content (AvgIpc) is 2.73. The normalized spacial score (nSPS) is 32.1. The summed E-state index contributed by atoms with van der Waals surface area (Å²) in [4.78, 5) is 12.4. The Kier molecular flexibility index (Phi) is 3.24. The van der Waals surface area contributed by atoms with Crippen LogP contribution in [-0.2, 0) is 4.79 Å². The molecule has 1 aliphatic heterocycles. The summed E-state index contributed by atoms with van der Waals surface area (Å²) < 4.78 is 0. The quantitative estimate of drug-likeness (QED) is 0.766. The maximum atomic E-state index is 12.4. The average molecular weight is 224 g/mol. The van der Waals surface area contributed by atoms with Gasteiger partial charge in [-0.05, 0) is 51.5 Å². The molecule has 3 heteroatoms. The molecule has 2 N–H and O–H groups in total. The molecule has 92 valence electrons. The molecule has 0 aromatic rings. The van der Waals surface area contributed by atoms with Crippen molar-refractivity contribution < 1.29 is 4.79 Å². The maximum Gasteiger partial charge on any atom is 0.240 e. The van der Waals surface area contributed by atoms with E-state index in [4.69, 9.17) is 0 Å². The van der Waals surface area contributed by atoms with Gasteiger partial charge in [-0.25, -0.2) is 0 Å². The van der Waals surface area contributed by atoms with Gasteiger partial charge in [0.15, 0.2) is 0 Å². The van der Waals surface area contributed by atoms with Crippen LogP contribution in [0.5, 0.6) is 0 Å². The zero-order valence-electron chi connectivity index (χ0n) is 10.6. The van der Waals surface area contributed by atoms with E-state index < -0.39 is 0 Å². The fourth-order valence-corrected chi connectivity index (χ4v) is 2.99. The molecular formula is C13H24N2O. The second kappa shape index (κ2) is 4.36. The highest BCUT2D eigenvalue weighted by Gasteiger charge is 2.44. The number of carbonyl (C=O) groups is 1. The lowest BCUT2D eigenvalue weighted by Gasteiger charge is -2.44. The van der Waals surface area contributed by atoms with Crippen molar-refractivity contribution in [3.63, 3.8) is 0 Å². The summed E-state index contributed by atoms with van der Waals surface area (Å²) in [6, 6.07) is 0. The molecule has 1 saturated carbocycles. The zero-order chi connectivity index (χ0) is 11.6. The number of rotatable bonds is 4. The molecule has 2 fully saturated rings. The van der Waals surface area contributed by atoms with E-state index in [1.165, 1.54) is 6.42 Å². The Morgan fingerprint density at radius 1 is 1.19 bits per heavy atom. The van der Waals surface area contributed by atoms with Crippen LogP contribution >= 0.6 is 0 Å². The van der Waals surface area contributed by atoms with Gasteiger partial charge in [0.25, 0.3) is 0 Å². The third-order valence-electron chi connectivity index (χ3n) is 4.65. The van der Waals surface area contributed by atoms with Gasteiger partial charge >= 0.3 is 0 Å². The first-order valence-electron chi connectivity index (χ1n) is 6.74. The lowest BCUT2D eigenvalue weighted by Crippen LogP contribution is -2.61. The standard InChI is InChI=1S/C13H24N2O/c1-3-12(7-5-8-12)15-11(16)13(4-2)9-6-10-14-13/h14H,3-10H2,1-2H3,(H,15,16). The fraction of sp³-hybridized carbons (Fsp3) is 0.923. The predicted octanol–water partition coefficient (Wildman–Crippen LogP) is 1.97. The molecule has 0 spiro atoms. The van der Waals surface area contributed by atoms with Crippen molar-refractivity contribution in [2.24, 2.45) is 0 Å². The van der Waals surface area contributed by atoms with E-state index in [2.05, 4.69) is 24.5 Å². The molecule has 3 nitrogen and oxygen atoms in total. The summed E-state index contributed by atoms with van der Waals surface area (Å²) in [5.41, 5.74) is -0.138. The van der Waals surface area contributed by atoms with Crippen LogP contribution in [0.15, 0.2) is 0 Å². The first-order valence-corrected chi connectivity index (χ1v) is 6.74. The van der Waals surface area contributed by atoms with Gasteiger partial charge in [0.2, 0.25) is 5.91 Å². The summed E-state index contributed by atoms with van der Waals surface area (Å²) in [5.74, 6) is 0.244. The van der Waals surface area contributed by atoms with Crippen LogP contribution in [0, 0.1) is 0 Å². The number of nitrogens with one attached hydrogen (secondary N) is 2. The molecule has 1 unspecified atom stereocenters. The van der Waals surface area contributed by atoms with E-state index in [1.54, 1.807) is 0 Å². The summed E-state index contributed by atoms with van der Waals surface area (Å²) in [7, 11) is 0. The molecule has 1 aliphatic carbocycles. The molecule has 0 bridgehead atoms. The highest BCUT2D eigenvalue weighted by molar-refractivity contribution is 5.87. The van der Waals surface area contributed by atoms with Gasteiger partial charge in [-0.2, -0.15) is 0 Å². The topological polar surface area (TPSA) is 41.1 Å². The minimum absolute atomic E-state index is 0.128.